The van der Waals surface area contributed by atoms with Crippen molar-refractivity contribution in [2.45, 2.75) is 0 Å². The predicted octanol–water partition coefficient (Wildman–Crippen LogP) is 1.38. The molecule has 0 aliphatic heterocycles. The molecule has 76 valence electrons. The van der Waals surface area contributed by atoms with Gasteiger partial charge in [0.1, 0.15) is 0 Å². The van der Waals surface area contributed by atoms with Gasteiger partial charge in [0.05, 0.1) is 5.56 Å². The first-order valence-electron chi connectivity index (χ1n) is 4.25. The molecule has 4 nitrogen and oxygen atoms in total. The molecule has 1 aromatic carbocycles. The summed E-state index contributed by atoms with van der Waals surface area (Å²) in [6.45, 7) is 0. The van der Waals surface area contributed by atoms with Gasteiger partial charge in [-0.3, -0.25) is 9.78 Å². The van der Waals surface area contributed by atoms with Crippen LogP contribution in [0.15, 0.2) is 40.1 Å². The molecule has 0 saturated heterocycles. The smallest absolute Gasteiger partial charge is 0.313 e. The number of rotatable bonds is 1. The third kappa shape index (κ3) is 1.85. The topological polar surface area (TPSA) is 65.7 Å². The van der Waals surface area contributed by atoms with Crippen LogP contribution in [-0.4, -0.2) is 9.97 Å². The summed E-state index contributed by atoms with van der Waals surface area (Å²) in [6, 6.07) is 6.93. The highest BCUT2D eigenvalue weighted by Gasteiger charge is 2.06. The fraction of sp³-hybridized carbons (Fsp3) is 0. The molecule has 0 saturated carbocycles. The minimum atomic E-state index is -0.532. The van der Waals surface area contributed by atoms with Crippen LogP contribution < -0.4 is 11.2 Å². The van der Waals surface area contributed by atoms with E-state index in [9.17, 15) is 9.59 Å². The van der Waals surface area contributed by atoms with Crippen LogP contribution in [0.2, 0.25) is 5.02 Å². The summed E-state index contributed by atoms with van der Waals surface area (Å²) in [7, 11) is 0. The molecule has 0 atom stereocenters. The molecule has 1 aromatic heterocycles. The maximum atomic E-state index is 11.5. The van der Waals surface area contributed by atoms with E-state index in [1.165, 1.54) is 6.20 Å². The molecular weight excluding hydrogens is 216 g/mol. The van der Waals surface area contributed by atoms with Crippen molar-refractivity contribution in [2.24, 2.45) is 0 Å². The zero-order chi connectivity index (χ0) is 10.8. The van der Waals surface area contributed by atoms with Gasteiger partial charge in [-0.2, -0.15) is 0 Å². The predicted molar refractivity (Wildman–Crippen MR) is 58.1 cm³/mol. The van der Waals surface area contributed by atoms with Crippen molar-refractivity contribution in [1.29, 1.82) is 0 Å². The number of H-pyrrole nitrogens is 2. The summed E-state index contributed by atoms with van der Waals surface area (Å²) in [4.78, 5) is 26.8. The van der Waals surface area contributed by atoms with Gasteiger partial charge < -0.3 is 4.98 Å². The third-order valence-corrected chi connectivity index (χ3v) is 2.31. The van der Waals surface area contributed by atoms with E-state index >= 15 is 0 Å². The molecule has 2 rings (SSSR count). The Kier molecular flexibility index (Phi) is 2.43. The number of halogens is 1. The summed E-state index contributed by atoms with van der Waals surface area (Å²) in [6.07, 6.45) is 1.35. The number of hydrogen-bond acceptors (Lipinski definition) is 2. The van der Waals surface area contributed by atoms with E-state index in [0.717, 1.165) is 0 Å². The highest BCUT2D eigenvalue weighted by atomic mass is 35.5. The molecule has 2 aromatic rings. The van der Waals surface area contributed by atoms with E-state index in [-0.39, 0.29) is 0 Å². The van der Waals surface area contributed by atoms with E-state index in [2.05, 4.69) is 9.97 Å². The second-order valence-electron chi connectivity index (χ2n) is 2.97. The molecule has 0 aliphatic carbocycles. The highest BCUT2D eigenvalue weighted by molar-refractivity contribution is 6.33. The molecule has 2 N–H and O–H groups in total. The van der Waals surface area contributed by atoms with Crippen LogP contribution in [0.5, 0.6) is 0 Å². The number of nitrogens with one attached hydrogen (secondary N) is 2. The van der Waals surface area contributed by atoms with Crippen LogP contribution in [0.4, 0.5) is 0 Å². The molecular formula is C10H7ClN2O2. The minimum absolute atomic E-state index is 0.347. The summed E-state index contributed by atoms with van der Waals surface area (Å²) < 4.78 is 0. The van der Waals surface area contributed by atoms with Gasteiger partial charge in [0.25, 0.3) is 5.56 Å². The van der Waals surface area contributed by atoms with E-state index in [1.54, 1.807) is 24.3 Å². The average Bonchev–Trinajstić information content (AvgIpc) is 2.20. The lowest BCUT2D eigenvalue weighted by atomic mass is 10.1. The summed E-state index contributed by atoms with van der Waals surface area (Å²) in [5.74, 6) is 0. The molecule has 1 heterocycles. The van der Waals surface area contributed by atoms with Gasteiger partial charge in [-0.1, -0.05) is 29.8 Å². The van der Waals surface area contributed by atoms with E-state index in [0.29, 0.717) is 16.1 Å². The molecule has 0 amide bonds. The Labute approximate surface area is 89.6 Å². The zero-order valence-electron chi connectivity index (χ0n) is 7.58. The number of aromatic nitrogens is 2. The van der Waals surface area contributed by atoms with Crippen LogP contribution >= 0.6 is 11.6 Å². The monoisotopic (exact) mass is 222 g/mol. The lowest BCUT2D eigenvalue weighted by molar-refractivity contribution is 1.04. The van der Waals surface area contributed by atoms with Gasteiger partial charge in [0, 0.05) is 16.8 Å². The van der Waals surface area contributed by atoms with Crippen molar-refractivity contribution < 1.29 is 0 Å². The third-order valence-electron chi connectivity index (χ3n) is 1.98. The largest absolute Gasteiger partial charge is 0.325 e. The van der Waals surface area contributed by atoms with Crippen molar-refractivity contribution in [3.63, 3.8) is 0 Å². The quantitative estimate of drug-likeness (QED) is 0.766. The number of hydrogen-bond donors (Lipinski definition) is 2. The van der Waals surface area contributed by atoms with Crippen LogP contribution in [-0.2, 0) is 0 Å². The minimum Gasteiger partial charge on any atom is -0.313 e. The summed E-state index contributed by atoms with van der Waals surface area (Å²) >= 11 is 5.93. The molecule has 0 aliphatic rings. The average molecular weight is 223 g/mol. The first kappa shape index (κ1) is 9.73. The standard InChI is InChI=1S/C10H7ClN2O2/c11-8-4-2-1-3-6(8)7-5-12-10(15)13-9(7)14/h1-5H,(H2,12,13,14,15). The van der Waals surface area contributed by atoms with Crippen molar-refractivity contribution in [3.8, 4) is 11.1 Å². The van der Waals surface area contributed by atoms with Gasteiger partial charge in [0.2, 0.25) is 0 Å². The summed E-state index contributed by atoms with van der Waals surface area (Å²) in [5.41, 5.74) is -0.0421. The van der Waals surface area contributed by atoms with Crippen LogP contribution in [0.25, 0.3) is 11.1 Å². The van der Waals surface area contributed by atoms with E-state index in [1.807, 2.05) is 0 Å². The Morgan fingerprint density at radius 3 is 2.47 bits per heavy atom. The van der Waals surface area contributed by atoms with Crippen LogP contribution in [0.3, 0.4) is 0 Å². The second kappa shape index (κ2) is 3.74. The molecule has 15 heavy (non-hydrogen) atoms. The van der Waals surface area contributed by atoms with Crippen molar-refractivity contribution in [3.05, 3.63) is 56.3 Å². The SMILES string of the molecule is O=c1[nH]cc(-c2ccccc2Cl)c(=O)[nH]1. The number of benzene rings is 1. The highest BCUT2D eigenvalue weighted by Crippen LogP contribution is 2.23. The Hall–Kier alpha value is -1.81. The zero-order valence-corrected chi connectivity index (χ0v) is 8.34. The molecule has 0 fully saturated rings. The van der Waals surface area contributed by atoms with E-state index in [4.69, 9.17) is 11.6 Å². The van der Waals surface area contributed by atoms with Gasteiger partial charge >= 0.3 is 5.69 Å². The van der Waals surface area contributed by atoms with E-state index < -0.39 is 11.2 Å². The van der Waals surface area contributed by atoms with Crippen molar-refractivity contribution in [2.75, 3.05) is 0 Å². The second-order valence-corrected chi connectivity index (χ2v) is 3.37. The normalized spacial score (nSPS) is 10.2. The Balaban J connectivity index is 2.70. The molecule has 0 spiro atoms. The fourth-order valence-corrected chi connectivity index (χ4v) is 1.53. The maximum Gasteiger partial charge on any atom is 0.325 e. The molecule has 0 unspecified atom stereocenters. The van der Waals surface area contributed by atoms with Gasteiger partial charge in [0.15, 0.2) is 0 Å². The lowest BCUT2D eigenvalue weighted by Gasteiger charge is -2.01. The van der Waals surface area contributed by atoms with Crippen molar-refractivity contribution >= 4 is 11.6 Å². The van der Waals surface area contributed by atoms with Gasteiger partial charge in [-0.25, -0.2) is 4.79 Å². The molecule has 0 bridgehead atoms. The maximum absolute atomic E-state index is 11.5. The van der Waals surface area contributed by atoms with Crippen molar-refractivity contribution in [1.82, 2.24) is 9.97 Å². The van der Waals surface area contributed by atoms with Crippen LogP contribution in [0.1, 0.15) is 0 Å². The lowest BCUT2D eigenvalue weighted by Crippen LogP contribution is -2.22. The Morgan fingerprint density at radius 1 is 1.07 bits per heavy atom. The van der Waals surface area contributed by atoms with Crippen LogP contribution in [0, 0.1) is 0 Å². The first-order valence-corrected chi connectivity index (χ1v) is 4.63. The first-order chi connectivity index (χ1) is 7.18. The van der Waals surface area contributed by atoms with Gasteiger partial charge in [-0.15, -0.1) is 0 Å². The fourth-order valence-electron chi connectivity index (χ4n) is 1.29. The Morgan fingerprint density at radius 2 is 1.80 bits per heavy atom. The molecule has 5 heteroatoms. The summed E-state index contributed by atoms with van der Waals surface area (Å²) in [5, 5.41) is 0.468. The number of aromatic amines is 2. The molecule has 0 radical (unpaired) electrons. The van der Waals surface area contributed by atoms with Gasteiger partial charge in [-0.05, 0) is 6.07 Å². The Bertz CT molecular complexity index is 601.